The van der Waals surface area contributed by atoms with Gasteiger partial charge in [-0.15, -0.1) is 0 Å². The monoisotopic (exact) mass is 364 g/mol. The quantitative estimate of drug-likeness (QED) is 0.785. The molecule has 8 heteroatoms. The van der Waals surface area contributed by atoms with Crippen LogP contribution in [0.25, 0.3) is 0 Å². The summed E-state index contributed by atoms with van der Waals surface area (Å²) in [6, 6.07) is 9.26. The van der Waals surface area contributed by atoms with E-state index in [1.165, 1.54) is 18.2 Å². The molecule has 0 unspecified atom stereocenters. The summed E-state index contributed by atoms with van der Waals surface area (Å²) in [5.74, 6) is 0. The van der Waals surface area contributed by atoms with Crippen LogP contribution in [0.1, 0.15) is 0 Å². The highest BCUT2D eigenvalue weighted by atomic mass is 35.5. The Labute approximate surface area is 138 Å². The molecule has 21 heavy (non-hydrogen) atoms. The van der Waals surface area contributed by atoms with Gasteiger partial charge in [-0.1, -0.05) is 46.9 Å². The number of benzene rings is 2. The molecule has 2 N–H and O–H groups in total. The zero-order valence-electron chi connectivity index (χ0n) is 10.8. The van der Waals surface area contributed by atoms with Crippen LogP contribution < -0.4 is 10.0 Å². The fraction of sp³-hybridized carbons (Fsp3) is 0.0769. The lowest BCUT2D eigenvalue weighted by atomic mass is 10.3. The largest absolute Gasteiger partial charge is 0.387 e. The van der Waals surface area contributed by atoms with Crippen molar-refractivity contribution in [2.24, 2.45) is 0 Å². The van der Waals surface area contributed by atoms with Crippen LogP contribution in [0.15, 0.2) is 41.3 Å². The minimum atomic E-state index is -3.81. The number of halogens is 3. The Bertz CT molecular complexity index is 779. The van der Waals surface area contributed by atoms with Gasteiger partial charge in [0.05, 0.1) is 26.4 Å². The lowest BCUT2D eigenvalue weighted by molar-refractivity contribution is 0.601. The Kier molecular flexibility index (Phi) is 4.88. The minimum Gasteiger partial charge on any atom is -0.387 e. The Balaban J connectivity index is 2.45. The van der Waals surface area contributed by atoms with E-state index in [-0.39, 0.29) is 25.7 Å². The number of hydrogen-bond donors (Lipinski definition) is 2. The highest BCUT2D eigenvalue weighted by Crippen LogP contribution is 2.34. The van der Waals surface area contributed by atoms with Crippen molar-refractivity contribution in [2.45, 2.75) is 4.90 Å². The smallest absolute Gasteiger partial charge is 0.263 e. The molecule has 0 atom stereocenters. The van der Waals surface area contributed by atoms with Crippen LogP contribution in [0, 0.1) is 0 Å². The second-order valence-corrected chi connectivity index (χ2v) is 6.97. The van der Waals surface area contributed by atoms with Gasteiger partial charge in [0.15, 0.2) is 0 Å². The van der Waals surface area contributed by atoms with Gasteiger partial charge >= 0.3 is 0 Å². The second kappa shape index (κ2) is 6.32. The fourth-order valence-corrected chi connectivity index (χ4v) is 3.64. The molecule has 2 aromatic carbocycles. The molecule has 0 aromatic heterocycles. The van der Waals surface area contributed by atoms with Crippen molar-refractivity contribution in [3.63, 3.8) is 0 Å². The first kappa shape index (κ1) is 16.2. The molecule has 0 heterocycles. The first-order chi connectivity index (χ1) is 9.85. The van der Waals surface area contributed by atoms with Gasteiger partial charge in [0.1, 0.15) is 4.90 Å². The van der Waals surface area contributed by atoms with E-state index in [1.807, 2.05) is 0 Å². The fourth-order valence-electron chi connectivity index (χ4n) is 1.71. The van der Waals surface area contributed by atoms with Crippen LogP contribution in [0.2, 0.25) is 15.1 Å². The van der Waals surface area contributed by atoms with Crippen molar-refractivity contribution in [1.29, 1.82) is 0 Å². The van der Waals surface area contributed by atoms with E-state index in [4.69, 9.17) is 34.8 Å². The maximum absolute atomic E-state index is 12.4. The molecule has 2 aromatic rings. The summed E-state index contributed by atoms with van der Waals surface area (Å²) in [6.45, 7) is 0. The molecule has 112 valence electrons. The van der Waals surface area contributed by atoms with Gasteiger partial charge in [-0.3, -0.25) is 4.72 Å². The van der Waals surface area contributed by atoms with Gasteiger partial charge in [-0.05, 0) is 24.3 Å². The molecule has 0 fully saturated rings. The van der Waals surface area contributed by atoms with E-state index >= 15 is 0 Å². The zero-order valence-corrected chi connectivity index (χ0v) is 13.9. The first-order valence-corrected chi connectivity index (χ1v) is 8.41. The molecule has 0 saturated heterocycles. The Hall–Kier alpha value is -1.14. The first-order valence-electron chi connectivity index (χ1n) is 5.79. The van der Waals surface area contributed by atoms with Gasteiger partial charge in [0.25, 0.3) is 10.0 Å². The van der Waals surface area contributed by atoms with Crippen LogP contribution in [-0.4, -0.2) is 15.5 Å². The molecule has 0 saturated carbocycles. The lowest BCUT2D eigenvalue weighted by Gasteiger charge is -2.13. The van der Waals surface area contributed by atoms with Crippen molar-refractivity contribution in [3.8, 4) is 0 Å². The number of sulfonamides is 1. The van der Waals surface area contributed by atoms with Gasteiger partial charge < -0.3 is 5.32 Å². The predicted octanol–water partition coefficient (Wildman–Crippen LogP) is 4.49. The summed E-state index contributed by atoms with van der Waals surface area (Å²) in [4.78, 5) is 0.106. The standard InChI is InChI=1S/C13H11Cl3N2O2S/c1-17-11-4-2-3-5-13(11)21(19,20)18-12-7-9(15)8(14)6-10(12)16/h2-7,17-18H,1H3. The zero-order chi connectivity index (χ0) is 15.6. The molecule has 0 aliphatic rings. The number of nitrogens with one attached hydrogen (secondary N) is 2. The summed E-state index contributed by atoms with van der Waals surface area (Å²) in [7, 11) is -2.17. The van der Waals surface area contributed by atoms with E-state index in [1.54, 1.807) is 25.2 Å². The number of hydrogen-bond acceptors (Lipinski definition) is 3. The molecule has 0 aliphatic carbocycles. The van der Waals surface area contributed by atoms with Crippen molar-refractivity contribution >= 4 is 56.2 Å². The van der Waals surface area contributed by atoms with Crippen molar-refractivity contribution in [3.05, 3.63) is 51.5 Å². The topological polar surface area (TPSA) is 58.2 Å². The van der Waals surface area contributed by atoms with Crippen molar-refractivity contribution in [2.75, 3.05) is 17.1 Å². The van der Waals surface area contributed by atoms with E-state index in [0.29, 0.717) is 5.69 Å². The summed E-state index contributed by atoms with van der Waals surface area (Å²) in [5, 5.41) is 3.44. The Morgan fingerprint density at radius 3 is 2.19 bits per heavy atom. The molecule has 0 radical (unpaired) electrons. The second-order valence-electron chi connectivity index (χ2n) is 4.10. The van der Waals surface area contributed by atoms with Crippen molar-refractivity contribution in [1.82, 2.24) is 0 Å². The normalized spacial score (nSPS) is 11.2. The number of rotatable bonds is 4. The average Bonchev–Trinajstić information content (AvgIpc) is 2.44. The van der Waals surface area contributed by atoms with Gasteiger partial charge in [-0.25, -0.2) is 8.42 Å². The third-order valence-electron chi connectivity index (χ3n) is 2.70. The average molecular weight is 366 g/mol. The Morgan fingerprint density at radius 2 is 1.52 bits per heavy atom. The van der Waals surface area contributed by atoms with Crippen molar-refractivity contribution < 1.29 is 8.42 Å². The van der Waals surface area contributed by atoms with Crippen LogP contribution in [0.5, 0.6) is 0 Å². The molecule has 0 amide bonds. The lowest BCUT2D eigenvalue weighted by Crippen LogP contribution is -2.15. The summed E-state index contributed by atoms with van der Waals surface area (Å²) >= 11 is 17.7. The summed E-state index contributed by atoms with van der Waals surface area (Å²) in [6.07, 6.45) is 0. The summed E-state index contributed by atoms with van der Waals surface area (Å²) in [5.41, 5.74) is 0.637. The molecule has 4 nitrogen and oxygen atoms in total. The minimum absolute atomic E-state index is 0.106. The molecular formula is C13H11Cl3N2O2S. The maximum Gasteiger partial charge on any atom is 0.263 e. The highest BCUT2D eigenvalue weighted by molar-refractivity contribution is 7.92. The molecule has 0 aliphatic heterocycles. The van der Waals surface area contributed by atoms with E-state index in [9.17, 15) is 8.42 Å². The van der Waals surface area contributed by atoms with Gasteiger partial charge in [-0.2, -0.15) is 0 Å². The third-order valence-corrected chi connectivity index (χ3v) is 5.16. The number of anilines is 2. The van der Waals surface area contributed by atoms with E-state index in [0.717, 1.165) is 0 Å². The summed E-state index contributed by atoms with van der Waals surface area (Å²) < 4.78 is 27.3. The van der Waals surface area contributed by atoms with E-state index < -0.39 is 10.0 Å². The van der Waals surface area contributed by atoms with Crippen LogP contribution >= 0.6 is 34.8 Å². The molecule has 0 bridgehead atoms. The molecule has 0 spiro atoms. The number of para-hydroxylation sites is 1. The van der Waals surface area contributed by atoms with Crippen LogP contribution in [0.4, 0.5) is 11.4 Å². The molecular weight excluding hydrogens is 355 g/mol. The van der Waals surface area contributed by atoms with Crippen LogP contribution in [-0.2, 0) is 10.0 Å². The van der Waals surface area contributed by atoms with Gasteiger partial charge in [0.2, 0.25) is 0 Å². The SMILES string of the molecule is CNc1ccccc1S(=O)(=O)Nc1cc(Cl)c(Cl)cc1Cl. The Morgan fingerprint density at radius 1 is 0.905 bits per heavy atom. The highest BCUT2D eigenvalue weighted by Gasteiger charge is 2.19. The third kappa shape index (κ3) is 3.55. The van der Waals surface area contributed by atoms with Crippen LogP contribution in [0.3, 0.4) is 0 Å². The maximum atomic E-state index is 12.4. The van der Waals surface area contributed by atoms with E-state index in [2.05, 4.69) is 10.0 Å². The molecule has 2 rings (SSSR count). The predicted molar refractivity (Wildman–Crippen MR) is 88.3 cm³/mol. The van der Waals surface area contributed by atoms with Gasteiger partial charge in [0, 0.05) is 7.05 Å².